The SMILES string of the molecule is CC(C)(CO)CNCCc1ccc(O)cc1. The third-order valence-corrected chi connectivity index (χ3v) is 2.56. The molecule has 3 N–H and O–H groups in total. The van der Waals surface area contributed by atoms with Crippen LogP contribution in [0.1, 0.15) is 19.4 Å². The molecule has 0 atom stereocenters. The molecule has 0 fully saturated rings. The monoisotopic (exact) mass is 223 g/mol. The molecule has 1 rings (SSSR count). The number of hydrogen-bond acceptors (Lipinski definition) is 3. The molecular formula is C13H21NO2. The zero-order valence-electron chi connectivity index (χ0n) is 10.0. The summed E-state index contributed by atoms with van der Waals surface area (Å²) in [7, 11) is 0. The molecule has 16 heavy (non-hydrogen) atoms. The summed E-state index contributed by atoms with van der Waals surface area (Å²) in [5.41, 5.74) is 1.14. The maximum Gasteiger partial charge on any atom is 0.115 e. The smallest absolute Gasteiger partial charge is 0.115 e. The molecule has 1 aromatic carbocycles. The van der Waals surface area contributed by atoms with Gasteiger partial charge in [0, 0.05) is 18.6 Å². The second-order valence-corrected chi connectivity index (χ2v) is 4.92. The molecule has 0 spiro atoms. The summed E-state index contributed by atoms with van der Waals surface area (Å²) in [6.07, 6.45) is 0.932. The quantitative estimate of drug-likeness (QED) is 0.641. The third kappa shape index (κ3) is 4.64. The molecular weight excluding hydrogens is 202 g/mol. The minimum Gasteiger partial charge on any atom is -0.508 e. The molecule has 3 nitrogen and oxygen atoms in total. The molecule has 0 saturated heterocycles. The van der Waals surface area contributed by atoms with Crippen molar-refractivity contribution in [1.29, 1.82) is 0 Å². The van der Waals surface area contributed by atoms with E-state index >= 15 is 0 Å². The molecule has 0 heterocycles. The van der Waals surface area contributed by atoms with E-state index in [1.54, 1.807) is 12.1 Å². The number of phenolic OH excluding ortho intramolecular Hbond substituents is 1. The number of benzene rings is 1. The minimum atomic E-state index is -0.0606. The summed E-state index contributed by atoms with van der Waals surface area (Å²) in [5, 5.41) is 21.5. The zero-order valence-corrected chi connectivity index (χ0v) is 10.0. The Labute approximate surface area is 97.1 Å². The average Bonchev–Trinajstić information content (AvgIpc) is 2.27. The Kier molecular flexibility index (Phi) is 4.77. The van der Waals surface area contributed by atoms with Crippen LogP contribution in [0.15, 0.2) is 24.3 Å². The highest BCUT2D eigenvalue weighted by molar-refractivity contribution is 5.25. The van der Waals surface area contributed by atoms with Gasteiger partial charge in [-0.3, -0.25) is 0 Å². The molecule has 3 heteroatoms. The molecule has 0 aromatic heterocycles. The van der Waals surface area contributed by atoms with E-state index in [0.717, 1.165) is 19.5 Å². The number of nitrogens with one attached hydrogen (secondary N) is 1. The number of phenols is 1. The van der Waals surface area contributed by atoms with E-state index < -0.39 is 0 Å². The molecule has 1 aromatic rings. The lowest BCUT2D eigenvalue weighted by Crippen LogP contribution is -2.33. The van der Waals surface area contributed by atoms with E-state index in [1.165, 1.54) is 5.56 Å². The van der Waals surface area contributed by atoms with Crippen LogP contribution in [0.2, 0.25) is 0 Å². The predicted octanol–water partition coefficient (Wildman–Crippen LogP) is 1.54. The first-order valence-corrected chi connectivity index (χ1v) is 5.63. The molecule has 0 aliphatic rings. The van der Waals surface area contributed by atoms with Crippen LogP contribution in [0.4, 0.5) is 0 Å². The summed E-state index contributed by atoms with van der Waals surface area (Å²) < 4.78 is 0. The van der Waals surface area contributed by atoms with Crippen molar-refractivity contribution in [3.05, 3.63) is 29.8 Å². The van der Waals surface area contributed by atoms with E-state index in [1.807, 2.05) is 26.0 Å². The molecule has 90 valence electrons. The van der Waals surface area contributed by atoms with Gasteiger partial charge in [-0.1, -0.05) is 26.0 Å². The lowest BCUT2D eigenvalue weighted by atomic mass is 9.95. The van der Waals surface area contributed by atoms with E-state index in [9.17, 15) is 0 Å². The van der Waals surface area contributed by atoms with Crippen molar-refractivity contribution in [2.45, 2.75) is 20.3 Å². The maximum atomic E-state index is 9.12. The Bertz CT molecular complexity index is 306. The summed E-state index contributed by atoms with van der Waals surface area (Å²) in [4.78, 5) is 0. The van der Waals surface area contributed by atoms with Crippen LogP contribution < -0.4 is 5.32 Å². The number of aliphatic hydroxyl groups is 1. The fourth-order valence-corrected chi connectivity index (χ4v) is 1.38. The molecule has 0 radical (unpaired) electrons. The van der Waals surface area contributed by atoms with E-state index in [-0.39, 0.29) is 12.0 Å². The first-order valence-electron chi connectivity index (χ1n) is 5.63. The Hall–Kier alpha value is -1.06. The van der Waals surface area contributed by atoms with E-state index in [4.69, 9.17) is 10.2 Å². The van der Waals surface area contributed by atoms with Gasteiger partial charge >= 0.3 is 0 Å². The Morgan fingerprint density at radius 1 is 1.19 bits per heavy atom. The average molecular weight is 223 g/mol. The molecule has 0 amide bonds. The van der Waals surface area contributed by atoms with Crippen molar-refractivity contribution in [2.24, 2.45) is 5.41 Å². The van der Waals surface area contributed by atoms with Gasteiger partial charge in [0.25, 0.3) is 0 Å². The first-order chi connectivity index (χ1) is 7.53. The topological polar surface area (TPSA) is 52.5 Å². The first kappa shape index (κ1) is 13.0. The van der Waals surface area contributed by atoms with Crippen LogP contribution in [0.5, 0.6) is 5.75 Å². The fraction of sp³-hybridized carbons (Fsp3) is 0.538. The van der Waals surface area contributed by atoms with Crippen LogP contribution >= 0.6 is 0 Å². The van der Waals surface area contributed by atoms with Gasteiger partial charge in [-0.05, 0) is 30.7 Å². The highest BCUT2D eigenvalue weighted by atomic mass is 16.3. The van der Waals surface area contributed by atoms with Gasteiger partial charge in [-0.2, -0.15) is 0 Å². The number of aromatic hydroxyl groups is 1. The highest BCUT2D eigenvalue weighted by Crippen LogP contribution is 2.12. The minimum absolute atomic E-state index is 0.0606. The van der Waals surface area contributed by atoms with Gasteiger partial charge in [0.2, 0.25) is 0 Å². The van der Waals surface area contributed by atoms with Crippen molar-refractivity contribution in [1.82, 2.24) is 5.32 Å². The predicted molar refractivity (Wildman–Crippen MR) is 65.5 cm³/mol. The van der Waals surface area contributed by atoms with Crippen molar-refractivity contribution >= 4 is 0 Å². The Balaban J connectivity index is 2.23. The molecule has 0 bridgehead atoms. The van der Waals surface area contributed by atoms with Crippen LogP contribution in [-0.2, 0) is 6.42 Å². The molecule has 0 saturated carbocycles. The molecule has 0 aliphatic heterocycles. The van der Waals surface area contributed by atoms with Gasteiger partial charge in [0.15, 0.2) is 0 Å². The number of hydrogen-bond donors (Lipinski definition) is 3. The second kappa shape index (κ2) is 5.87. The van der Waals surface area contributed by atoms with Gasteiger partial charge in [-0.25, -0.2) is 0 Å². The highest BCUT2D eigenvalue weighted by Gasteiger charge is 2.14. The third-order valence-electron chi connectivity index (χ3n) is 2.56. The van der Waals surface area contributed by atoms with Crippen molar-refractivity contribution in [3.8, 4) is 5.75 Å². The van der Waals surface area contributed by atoms with Gasteiger partial charge in [0.05, 0.1) is 0 Å². The standard InChI is InChI=1S/C13H21NO2/c1-13(2,10-15)9-14-8-7-11-3-5-12(16)6-4-11/h3-6,14-16H,7-10H2,1-2H3. The zero-order chi connectivity index (χ0) is 12.0. The Morgan fingerprint density at radius 2 is 1.81 bits per heavy atom. The largest absolute Gasteiger partial charge is 0.508 e. The normalized spacial score (nSPS) is 11.7. The summed E-state index contributed by atoms with van der Waals surface area (Å²) in [6.45, 7) is 5.94. The van der Waals surface area contributed by atoms with Crippen LogP contribution in [0, 0.1) is 5.41 Å². The maximum absolute atomic E-state index is 9.12. The van der Waals surface area contributed by atoms with E-state index in [2.05, 4.69) is 5.32 Å². The summed E-state index contributed by atoms with van der Waals surface area (Å²) in [5.74, 6) is 0.304. The number of rotatable bonds is 6. The van der Waals surface area contributed by atoms with Gasteiger partial charge in [0.1, 0.15) is 5.75 Å². The Morgan fingerprint density at radius 3 is 2.38 bits per heavy atom. The van der Waals surface area contributed by atoms with Crippen LogP contribution in [0.25, 0.3) is 0 Å². The molecule has 0 aliphatic carbocycles. The van der Waals surface area contributed by atoms with Crippen LogP contribution in [-0.4, -0.2) is 29.9 Å². The lowest BCUT2D eigenvalue weighted by Gasteiger charge is -2.21. The van der Waals surface area contributed by atoms with Crippen molar-refractivity contribution in [3.63, 3.8) is 0 Å². The second-order valence-electron chi connectivity index (χ2n) is 4.92. The van der Waals surface area contributed by atoms with Crippen LogP contribution in [0.3, 0.4) is 0 Å². The summed E-state index contributed by atoms with van der Waals surface area (Å²) >= 11 is 0. The van der Waals surface area contributed by atoms with Gasteiger partial charge in [-0.15, -0.1) is 0 Å². The molecule has 0 unspecified atom stereocenters. The van der Waals surface area contributed by atoms with E-state index in [0.29, 0.717) is 5.75 Å². The summed E-state index contributed by atoms with van der Waals surface area (Å²) in [6, 6.07) is 7.25. The van der Waals surface area contributed by atoms with Crippen molar-refractivity contribution in [2.75, 3.05) is 19.7 Å². The van der Waals surface area contributed by atoms with Crippen molar-refractivity contribution < 1.29 is 10.2 Å². The lowest BCUT2D eigenvalue weighted by molar-refractivity contribution is 0.157. The number of aliphatic hydroxyl groups excluding tert-OH is 1. The fourth-order valence-electron chi connectivity index (χ4n) is 1.38. The van der Waals surface area contributed by atoms with Gasteiger partial charge < -0.3 is 15.5 Å².